The highest BCUT2D eigenvalue weighted by Crippen LogP contribution is 2.65. The minimum Gasteiger partial charge on any atom is -0.310 e. The maximum absolute atomic E-state index is 10.0. The van der Waals surface area contributed by atoms with Crippen molar-refractivity contribution in [2.24, 2.45) is 17.8 Å². The van der Waals surface area contributed by atoms with E-state index < -0.39 is 47.7 Å². The van der Waals surface area contributed by atoms with Gasteiger partial charge in [0.1, 0.15) is 0 Å². The van der Waals surface area contributed by atoms with E-state index in [2.05, 4.69) is 154 Å². The van der Waals surface area contributed by atoms with Crippen LogP contribution in [-0.4, -0.2) is 0 Å². The lowest BCUT2D eigenvalue weighted by Gasteiger charge is -2.57. The number of nitrogens with zero attached hydrogens (tertiary/aromatic N) is 1. The number of hydrogen-bond acceptors (Lipinski definition) is 1. The molecule has 0 saturated heterocycles. The first-order chi connectivity index (χ1) is 31.1. The molecule has 0 aromatic heterocycles. The van der Waals surface area contributed by atoms with E-state index in [9.17, 15) is 8.22 Å². The molecule has 1 heteroatoms. The van der Waals surface area contributed by atoms with Crippen molar-refractivity contribution in [1.82, 2.24) is 0 Å². The number of aryl methyl sites for hydroxylation is 2. The van der Waals surface area contributed by atoms with Gasteiger partial charge in [-0.25, -0.2) is 0 Å². The molecular weight excluding hydrogens is 711 g/mol. The Morgan fingerprint density at radius 2 is 0.864 bits per heavy atom. The molecule has 4 fully saturated rings. The fourth-order valence-corrected chi connectivity index (χ4v) is 12.7. The van der Waals surface area contributed by atoms with E-state index in [0.29, 0.717) is 30.5 Å². The van der Waals surface area contributed by atoms with Crippen LogP contribution in [0.5, 0.6) is 0 Å². The maximum atomic E-state index is 10.0. The summed E-state index contributed by atoms with van der Waals surface area (Å²) in [6.45, 7) is 8.91. The molecule has 7 aliphatic rings. The Hall–Kier alpha value is -5.66. The van der Waals surface area contributed by atoms with Crippen LogP contribution >= 0.6 is 0 Å². The molecule has 0 heterocycles. The summed E-state index contributed by atoms with van der Waals surface area (Å²) >= 11 is 0. The number of para-hydroxylation sites is 1. The largest absolute Gasteiger partial charge is 0.310 e. The van der Waals surface area contributed by atoms with Crippen LogP contribution < -0.4 is 4.90 Å². The van der Waals surface area contributed by atoms with Crippen LogP contribution in [0, 0.1) is 31.6 Å². The molecule has 0 N–H and O–H groups in total. The SMILES string of the molecule is [2H]C1([2H])C2CC3CC(C2)C([2H])([2H])C1(c1ccccc1N(c1ccc2c(c1)C(C)(C)c1ccccc1-2)c1ccc2c(c1)C1(c4ccccc4-2)c2cc(C)ccc2-c2ccc(C)cc21)C3([2H])[2H]. The Balaban J connectivity index is 1.12. The summed E-state index contributed by atoms with van der Waals surface area (Å²) in [5, 5.41) is 0. The predicted molar refractivity (Wildman–Crippen MR) is 244 cm³/mol. The molecule has 7 aromatic rings. The van der Waals surface area contributed by atoms with Gasteiger partial charge in [0.15, 0.2) is 0 Å². The van der Waals surface area contributed by atoms with Gasteiger partial charge in [-0.3, -0.25) is 0 Å². The molecule has 0 unspecified atom stereocenters. The van der Waals surface area contributed by atoms with Crippen LogP contribution in [0.1, 0.15) is 111 Å². The molecule has 0 amide bonds. The third-order valence-electron chi connectivity index (χ3n) is 15.1. The van der Waals surface area contributed by atoms with Crippen LogP contribution in [0.2, 0.25) is 0 Å². The minimum atomic E-state index is -2.16. The second kappa shape index (κ2) is 11.8. The zero-order chi connectivity index (χ0) is 44.8. The molecule has 0 aliphatic heterocycles. The van der Waals surface area contributed by atoms with Crippen LogP contribution in [0.25, 0.3) is 33.4 Å². The molecule has 14 rings (SSSR count). The van der Waals surface area contributed by atoms with Crippen molar-refractivity contribution in [3.8, 4) is 33.4 Å². The van der Waals surface area contributed by atoms with Crippen LogP contribution in [-0.2, 0) is 16.2 Å². The summed E-state index contributed by atoms with van der Waals surface area (Å²) in [6, 6.07) is 52.3. The lowest BCUT2D eigenvalue weighted by molar-refractivity contribution is -0.00491. The standard InChI is InChI=1S/C58H51N/c1-35-17-21-45-46-22-18-36(2)26-53(46)58(52(45)25-35)49-14-8-6-12-43(49)47-24-20-41(31-54(47)58)59(40-19-23-44-42-11-5-7-13-48(42)56(3,4)51(44)30-40)55-16-10-9-15-50(55)57-32-37-27-38(33-57)29-39(28-37)34-57/h5-26,30-31,37-39H,27-29,32-34H2,1-4H3/i32D2,33D2,34D2. The quantitative estimate of drug-likeness (QED) is 0.172. The Bertz CT molecular complexity index is 3120. The summed E-state index contributed by atoms with van der Waals surface area (Å²) in [4.78, 5) is 2.22. The molecular formula is C58H51N. The highest BCUT2D eigenvalue weighted by Gasteiger charge is 2.54. The molecule has 288 valence electrons. The van der Waals surface area contributed by atoms with E-state index in [1.165, 1.54) is 72.3 Å². The number of rotatable bonds is 4. The molecule has 4 bridgehead atoms. The first-order valence-electron chi connectivity index (χ1n) is 24.7. The van der Waals surface area contributed by atoms with Gasteiger partial charge < -0.3 is 4.90 Å². The van der Waals surface area contributed by atoms with Crippen molar-refractivity contribution in [1.29, 1.82) is 0 Å². The number of anilines is 3. The van der Waals surface area contributed by atoms with E-state index in [1.807, 2.05) is 24.3 Å². The maximum Gasteiger partial charge on any atom is 0.0726 e. The Kier molecular flexibility index (Phi) is 5.72. The fourth-order valence-electron chi connectivity index (χ4n) is 12.7. The van der Waals surface area contributed by atoms with E-state index in [0.717, 1.165) is 16.9 Å². The van der Waals surface area contributed by atoms with Gasteiger partial charge in [0.2, 0.25) is 0 Å². The average molecular weight is 768 g/mol. The third kappa shape index (κ3) is 4.47. The number of fused-ring (bicyclic) bond motifs is 13. The van der Waals surface area contributed by atoms with Gasteiger partial charge in [0.25, 0.3) is 0 Å². The highest BCUT2D eigenvalue weighted by atomic mass is 15.1. The summed E-state index contributed by atoms with van der Waals surface area (Å²) in [5.74, 6) is -1.31. The van der Waals surface area contributed by atoms with Crippen LogP contribution in [0.4, 0.5) is 17.1 Å². The van der Waals surface area contributed by atoms with E-state index in [1.54, 1.807) is 0 Å². The van der Waals surface area contributed by atoms with E-state index in [-0.39, 0.29) is 5.41 Å². The fraction of sp³-hybridized carbons (Fsp3) is 0.276. The molecule has 7 aromatic carbocycles. The van der Waals surface area contributed by atoms with Crippen molar-refractivity contribution in [2.45, 2.75) is 82.3 Å². The number of benzene rings is 7. The Labute approximate surface area is 358 Å². The molecule has 1 nitrogen and oxygen atoms in total. The first-order valence-corrected chi connectivity index (χ1v) is 21.7. The lowest BCUT2D eigenvalue weighted by atomic mass is 9.48. The zero-order valence-corrected chi connectivity index (χ0v) is 34.2. The molecule has 4 saturated carbocycles. The van der Waals surface area contributed by atoms with Gasteiger partial charge in [0.05, 0.1) is 5.41 Å². The van der Waals surface area contributed by atoms with E-state index in [4.69, 9.17) is 0 Å². The normalized spacial score (nSPS) is 27.8. The second-order valence-corrected chi connectivity index (χ2v) is 18.9. The van der Waals surface area contributed by atoms with Crippen molar-refractivity contribution < 1.29 is 8.22 Å². The Morgan fingerprint density at radius 3 is 1.46 bits per heavy atom. The molecule has 0 atom stereocenters. The number of hydrogen-bond donors (Lipinski definition) is 0. The summed E-state index contributed by atoms with van der Waals surface area (Å²) in [7, 11) is 0. The van der Waals surface area contributed by atoms with Gasteiger partial charge in [-0.05, 0) is 178 Å². The minimum absolute atomic E-state index is 0.309. The lowest BCUT2D eigenvalue weighted by Crippen LogP contribution is -2.48. The smallest absolute Gasteiger partial charge is 0.0726 e. The van der Waals surface area contributed by atoms with Gasteiger partial charge in [-0.1, -0.05) is 140 Å². The molecule has 7 aliphatic carbocycles. The highest BCUT2D eigenvalue weighted by molar-refractivity contribution is 5.97. The first kappa shape index (κ1) is 28.7. The van der Waals surface area contributed by atoms with Crippen molar-refractivity contribution in [2.75, 3.05) is 4.90 Å². The Morgan fingerprint density at radius 1 is 0.441 bits per heavy atom. The third-order valence-corrected chi connectivity index (χ3v) is 15.1. The van der Waals surface area contributed by atoms with Gasteiger partial charge in [0, 0.05) is 30.7 Å². The van der Waals surface area contributed by atoms with Crippen LogP contribution in [0.15, 0.2) is 146 Å². The topological polar surface area (TPSA) is 3.24 Å². The predicted octanol–water partition coefficient (Wildman–Crippen LogP) is 14.9. The monoisotopic (exact) mass is 767 g/mol. The van der Waals surface area contributed by atoms with Crippen molar-refractivity contribution in [3.63, 3.8) is 0 Å². The molecule has 0 radical (unpaired) electrons. The summed E-state index contributed by atoms with van der Waals surface area (Å²) in [6.07, 6.45) is -5.16. The van der Waals surface area contributed by atoms with Gasteiger partial charge >= 0.3 is 0 Å². The second-order valence-electron chi connectivity index (χ2n) is 18.9. The van der Waals surface area contributed by atoms with Crippen molar-refractivity contribution >= 4 is 17.1 Å². The van der Waals surface area contributed by atoms with Gasteiger partial charge in [-0.2, -0.15) is 0 Å². The van der Waals surface area contributed by atoms with E-state index >= 15 is 0 Å². The van der Waals surface area contributed by atoms with Crippen LogP contribution in [0.3, 0.4) is 0 Å². The molecule has 59 heavy (non-hydrogen) atoms. The summed E-state index contributed by atoms with van der Waals surface area (Å²) in [5.41, 5.74) is 16.7. The zero-order valence-electron chi connectivity index (χ0n) is 40.2. The molecule has 1 spiro atoms. The van der Waals surface area contributed by atoms with Gasteiger partial charge in [-0.15, -0.1) is 0 Å². The summed E-state index contributed by atoms with van der Waals surface area (Å²) < 4.78 is 60.3. The van der Waals surface area contributed by atoms with Crippen molar-refractivity contribution in [3.05, 3.63) is 196 Å². The average Bonchev–Trinajstić information content (AvgIpc) is 3.83.